The van der Waals surface area contributed by atoms with Gasteiger partial charge in [0.2, 0.25) is 0 Å². The molecule has 0 aliphatic heterocycles. The van der Waals surface area contributed by atoms with Gasteiger partial charge in [0, 0.05) is 0 Å². The van der Waals surface area contributed by atoms with Crippen LogP contribution in [-0.2, 0) is 5.60 Å². The monoisotopic (exact) mass is 232 g/mol. The van der Waals surface area contributed by atoms with Gasteiger partial charge in [-0.3, -0.25) is 0 Å². The molecular formula is C16H24O. The number of hydrogen-bond acceptors (Lipinski definition) is 1. The van der Waals surface area contributed by atoms with Gasteiger partial charge in [-0.05, 0) is 42.6 Å². The Morgan fingerprint density at radius 3 is 2.41 bits per heavy atom. The van der Waals surface area contributed by atoms with E-state index in [0.717, 1.165) is 24.8 Å². The minimum absolute atomic E-state index is 0.295. The Morgan fingerprint density at radius 2 is 1.82 bits per heavy atom. The van der Waals surface area contributed by atoms with Crippen molar-refractivity contribution in [3.63, 3.8) is 0 Å². The molecule has 1 N–H and O–H groups in total. The summed E-state index contributed by atoms with van der Waals surface area (Å²) in [5.74, 6) is 0.612. The summed E-state index contributed by atoms with van der Waals surface area (Å²) in [4.78, 5) is 0. The highest BCUT2D eigenvalue weighted by Gasteiger charge is 2.39. The first-order valence-electron chi connectivity index (χ1n) is 6.70. The van der Waals surface area contributed by atoms with Crippen LogP contribution in [0.1, 0.15) is 52.0 Å². The van der Waals surface area contributed by atoms with Crippen LogP contribution in [0.25, 0.3) is 0 Å². The largest absolute Gasteiger partial charge is 0.385 e. The predicted molar refractivity (Wildman–Crippen MR) is 71.8 cm³/mol. The van der Waals surface area contributed by atoms with Crippen molar-refractivity contribution in [3.05, 3.63) is 35.9 Å². The van der Waals surface area contributed by atoms with Crippen LogP contribution in [0.5, 0.6) is 0 Å². The average Bonchev–Trinajstić information content (AvgIpc) is 2.29. The van der Waals surface area contributed by atoms with Crippen LogP contribution in [0.15, 0.2) is 30.3 Å². The van der Waals surface area contributed by atoms with E-state index in [0.29, 0.717) is 11.3 Å². The van der Waals surface area contributed by atoms with Crippen molar-refractivity contribution in [2.45, 2.75) is 52.1 Å². The van der Waals surface area contributed by atoms with E-state index in [1.807, 2.05) is 18.2 Å². The first kappa shape index (κ1) is 12.6. The van der Waals surface area contributed by atoms with E-state index < -0.39 is 5.60 Å². The van der Waals surface area contributed by atoms with E-state index in [9.17, 15) is 5.11 Å². The van der Waals surface area contributed by atoms with Gasteiger partial charge in [-0.1, -0.05) is 51.1 Å². The van der Waals surface area contributed by atoms with Gasteiger partial charge in [-0.15, -0.1) is 0 Å². The third-order valence-electron chi connectivity index (χ3n) is 4.26. The summed E-state index contributed by atoms with van der Waals surface area (Å²) in [6.07, 6.45) is 4.19. The Labute approximate surface area is 105 Å². The Balaban J connectivity index is 2.21. The van der Waals surface area contributed by atoms with Crippen molar-refractivity contribution in [2.75, 3.05) is 0 Å². The molecule has 0 bridgehead atoms. The van der Waals surface area contributed by atoms with Crippen LogP contribution in [0.2, 0.25) is 0 Å². The van der Waals surface area contributed by atoms with E-state index >= 15 is 0 Å². The summed E-state index contributed by atoms with van der Waals surface area (Å²) < 4.78 is 0. The molecule has 0 aromatic heterocycles. The molecule has 94 valence electrons. The van der Waals surface area contributed by atoms with Crippen molar-refractivity contribution >= 4 is 0 Å². The molecule has 1 saturated carbocycles. The molecule has 1 aliphatic carbocycles. The molecule has 2 rings (SSSR count). The summed E-state index contributed by atoms with van der Waals surface area (Å²) >= 11 is 0. The summed E-state index contributed by atoms with van der Waals surface area (Å²) in [6.45, 7) is 6.86. The summed E-state index contributed by atoms with van der Waals surface area (Å²) in [5, 5.41) is 10.9. The van der Waals surface area contributed by atoms with E-state index in [1.54, 1.807) is 0 Å². The fraction of sp³-hybridized carbons (Fsp3) is 0.625. The van der Waals surface area contributed by atoms with Crippen molar-refractivity contribution in [1.29, 1.82) is 0 Å². The van der Waals surface area contributed by atoms with Gasteiger partial charge in [0.25, 0.3) is 0 Å². The lowest BCUT2D eigenvalue weighted by Crippen LogP contribution is -2.37. The highest BCUT2D eigenvalue weighted by atomic mass is 16.3. The smallest absolute Gasteiger partial charge is 0.0899 e. The summed E-state index contributed by atoms with van der Waals surface area (Å²) in [7, 11) is 0. The topological polar surface area (TPSA) is 20.2 Å². The fourth-order valence-corrected chi connectivity index (χ4v) is 3.00. The number of benzene rings is 1. The quantitative estimate of drug-likeness (QED) is 0.772. The number of hydrogen-bond donors (Lipinski definition) is 1. The minimum atomic E-state index is -0.600. The van der Waals surface area contributed by atoms with Crippen molar-refractivity contribution in [2.24, 2.45) is 11.3 Å². The molecule has 1 nitrogen and oxygen atoms in total. The van der Waals surface area contributed by atoms with Gasteiger partial charge < -0.3 is 5.11 Å². The zero-order valence-corrected chi connectivity index (χ0v) is 11.2. The van der Waals surface area contributed by atoms with E-state index in [1.165, 1.54) is 6.42 Å². The van der Waals surface area contributed by atoms with E-state index in [-0.39, 0.29) is 0 Å². The third kappa shape index (κ3) is 2.71. The first-order chi connectivity index (χ1) is 7.92. The predicted octanol–water partition coefficient (Wildman–Crippen LogP) is 4.11. The number of aliphatic hydroxyl groups is 1. The summed E-state index contributed by atoms with van der Waals surface area (Å²) in [5.41, 5.74) is 0.787. The Kier molecular flexibility index (Phi) is 3.31. The van der Waals surface area contributed by atoms with Crippen LogP contribution in [0, 0.1) is 11.3 Å². The van der Waals surface area contributed by atoms with Gasteiger partial charge in [0.05, 0.1) is 5.60 Å². The molecule has 1 aromatic carbocycles. The first-order valence-corrected chi connectivity index (χ1v) is 6.70. The lowest BCUT2D eigenvalue weighted by atomic mass is 9.66. The van der Waals surface area contributed by atoms with Gasteiger partial charge in [-0.2, -0.15) is 0 Å². The number of rotatable bonds is 1. The Hall–Kier alpha value is -0.820. The minimum Gasteiger partial charge on any atom is -0.385 e. The molecule has 17 heavy (non-hydrogen) atoms. The lowest BCUT2D eigenvalue weighted by Gasteiger charge is -2.42. The molecule has 1 fully saturated rings. The molecule has 0 radical (unpaired) electrons. The van der Waals surface area contributed by atoms with Crippen LogP contribution in [-0.4, -0.2) is 5.11 Å². The molecule has 1 aromatic rings. The lowest BCUT2D eigenvalue weighted by molar-refractivity contribution is -0.0429. The second kappa shape index (κ2) is 4.45. The van der Waals surface area contributed by atoms with Crippen LogP contribution in [0.4, 0.5) is 0 Å². The maximum atomic E-state index is 10.9. The van der Waals surface area contributed by atoms with E-state index in [4.69, 9.17) is 0 Å². The summed E-state index contributed by atoms with van der Waals surface area (Å²) in [6, 6.07) is 10.2. The van der Waals surface area contributed by atoms with Gasteiger partial charge >= 0.3 is 0 Å². The zero-order chi connectivity index (χ0) is 12.5. The average molecular weight is 232 g/mol. The van der Waals surface area contributed by atoms with Crippen molar-refractivity contribution in [3.8, 4) is 0 Å². The van der Waals surface area contributed by atoms with Crippen molar-refractivity contribution < 1.29 is 5.11 Å². The van der Waals surface area contributed by atoms with Gasteiger partial charge in [0.15, 0.2) is 0 Å². The second-order valence-electron chi connectivity index (χ2n) is 6.56. The van der Waals surface area contributed by atoms with Crippen molar-refractivity contribution in [1.82, 2.24) is 0 Å². The maximum absolute atomic E-state index is 10.9. The van der Waals surface area contributed by atoms with Crippen LogP contribution in [0.3, 0.4) is 0 Å². The highest BCUT2D eigenvalue weighted by molar-refractivity contribution is 5.23. The third-order valence-corrected chi connectivity index (χ3v) is 4.26. The normalized spacial score (nSPS) is 30.2. The molecule has 2 atom stereocenters. The SMILES string of the molecule is CC(C)(C)[C@H]1CCC[C@](O)(c2ccccc2)C1. The molecular weight excluding hydrogens is 208 g/mol. The molecule has 0 saturated heterocycles. The molecule has 0 heterocycles. The van der Waals surface area contributed by atoms with Gasteiger partial charge in [-0.25, -0.2) is 0 Å². The van der Waals surface area contributed by atoms with E-state index in [2.05, 4.69) is 32.9 Å². The maximum Gasteiger partial charge on any atom is 0.0899 e. The second-order valence-corrected chi connectivity index (χ2v) is 6.56. The zero-order valence-electron chi connectivity index (χ0n) is 11.2. The molecule has 1 heteroatoms. The Bertz CT molecular complexity index is 363. The van der Waals surface area contributed by atoms with Crippen LogP contribution >= 0.6 is 0 Å². The Morgan fingerprint density at radius 1 is 1.18 bits per heavy atom. The van der Waals surface area contributed by atoms with Crippen LogP contribution < -0.4 is 0 Å². The molecule has 1 aliphatic rings. The molecule has 0 amide bonds. The molecule has 0 unspecified atom stereocenters. The fourth-order valence-electron chi connectivity index (χ4n) is 3.00. The molecule has 0 spiro atoms. The highest BCUT2D eigenvalue weighted by Crippen LogP contribution is 2.46. The van der Waals surface area contributed by atoms with Gasteiger partial charge in [0.1, 0.15) is 0 Å². The standard InChI is InChI=1S/C16H24O/c1-15(2,3)14-10-7-11-16(17,12-14)13-8-5-4-6-9-13/h4-6,8-9,14,17H,7,10-12H2,1-3H3/t14-,16+/m0/s1.